The number of hydrogen-bond donors (Lipinski definition) is 1. The number of amides is 1. The van der Waals surface area contributed by atoms with Crippen LogP contribution in [0.3, 0.4) is 0 Å². The molecule has 0 saturated carbocycles. The molecule has 2 aliphatic heterocycles. The summed E-state index contributed by atoms with van der Waals surface area (Å²) in [6.45, 7) is 5.12. The predicted octanol–water partition coefficient (Wildman–Crippen LogP) is 3.06. The van der Waals surface area contributed by atoms with Crippen molar-refractivity contribution in [2.75, 3.05) is 69.7 Å². The first-order valence-electron chi connectivity index (χ1n) is 12.8. The third kappa shape index (κ3) is 5.12. The van der Waals surface area contributed by atoms with Crippen LogP contribution in [0, 0.1) is 11.6 Å². The number of nitrogens with zero attached hydrogens (tertiary/aromatic N) is 7. The number of nitrogens with one attached hydrogen (secondary N) is 1. The Kier molecular flexibility index (Phi) is 6.79. The molecule has 2 fully saturated rings. The Labute approximate surface area is 223 Å². The summed E-state index contributed by atoms with van der Waals surface area (Å²) < 4.78 is 36.9. The third-order valence-corrected chi connectivity index (χ3v) is 7.08. The largest absolute Gasteiger partial charge is 0.378 e. The Hall–Kier alpha value is -4.16. The van der Waals surface area contributed by atoms with Gasteiger partial charge in [-0.05, 0) is 37.4 Å². The van der Waals surface area contributed by atoms with E-state index >= 15 is 8.78 Å². The molecule has 1 amide bonds. The first kappa shape index (κ1) is 25.1. The lowest BCUT2D eigenvalue weighted by atomic mass is 10.1. The van der Waals surface area contributed by atoms with Gasteiger partial charge in [0.05, 0.1) is 30.8 Å². The van der Waals surface area contributed by atoms with Gasteiger partial charge in [0.1, 0.15) is 28.7 Å². The lowest BCUT2D eigenvalue weighted by molar-refractivity contribution is 0.0296. The van der Waals surface area contributed by atoms with Crippen LogP contribution in [-0.4, -0.2) is 94.8 Å². The highest BCUT2D eigenvalue weighted by Crippen LogP contribution is 2.25. The molecule has 0 aliphatic carbocycles. The average molecular weight is 535 g/mol. The Balaban J connectivity index is 1.23. The molecular weight excluding hydrogens is 506 g/mol. The van der Waals surface area contributed by atoms with Crippen LogP contribution in [0.25, 0.3) is 16.7 Å². The van der Waals surface area contributed by atoms with Crippen molar-refractivity contribution in [3.05, 3.63) is 66.1 Å². The number of piperazine rings is 1. The molecule has 3 aromatic heterocycles. The molecule has 12 heteroatoms. The molecule has 39 heavy (non-hydrogen) atoms. The molecule has 10 nitrogen and oxygen atoms in total. The number of hydrogen-bond acceptors (Lipinski definition) is 8. The maximum Gasteiger partial charge on any atom is 0.259 e. The van der Waals surface area contributed by atoms with Crippen LogP contribution in [-0.2, 0) is 4.74 Å². The summed E-state index contributed by atoms with van der Waals surface area (Å²) >= 11 is 0. The van der Waals surface area contributed by atoms with Gasteiger partial charge >= 0.3 is 0 Å². The van der Waals surface area contributed by atoms with Gasteiger partial charge in [-0.2, -0.15) is 4.98 Å². The maximum atomic E-state index is 15.1. The molecule has 1 N–H and O–H groups in total. The van der Waals surface area contributed by atoms with E-state index in [0.29, 0.717) is 49.0 Å². The summed E-state index contributed by atoms with van der Waals surface area (Å²) in [6, 6.07) is 7.93. The van der Waals surface area contributed by atoms with Crippen molar-refractivity contribution in [1.82, 2.24) is 29.3 Å². The minimum atomic E-state index is -0.928. The number of ether oxygens (including phenoxy) is 1. The number of pyridine rings is 1. The molecule has 0 atom stereocenters. The smallest absolute Gasteiger partial charge is 0.259 e. The van der Waals surface area contributed by atoms with E-state index in [0.717, 1.165) is 44.1 Å². The van der Waals surface area contributed by atoms with Gasteiger partial charge in [-0.25, -0.2) is 18.7 Å². The summed E-state index contributed by atoms with van der Waals surface area (Å²) in [6.07, 6.45) is 5.03. The summed E-state index contributed by atoms with van der Waals surface area (Å²) in [5.41, 5.74) is 0.817. The van der Waals surface area contributed by atoms with Crippen molar-refractivity contribution < 1.29 is 18.3 Å². The number of morpholine rings is 1. The second-order valence-electron chi connectivity index (χ2n) is 9.67. The molecule has 0 unspecified atom stereocenters. The molecule has 0 spiro atoms. The van der Waals surface area contributed by atoms with Crippen LogP contribution in [0.2, 0.25) is 0 Å². The van der Waals surface area contributed by atoms with Gasteiger partial charge in [0, 0.05) is 57.0 Å². The second kappa shape index (κ2) is 10.5. The van der Waals surface area contributed by atoms with E-state index in [1.165, 1.54) is 4.90 Å². The molecule has 2 aliphatic rings. The van der Waals surface area contributed by atoms with Gasteiger partial charge in [-0.15, -0.1) is 0 Å². The molecule has 5 heterocycles. The minimum Gasteiger partial charge on any atom is -0.378 e. The van der Waals surface area contributed by atoms with Gasteiger partial charge in [0.2, 0.25) is 5.95 Å². The number of halogens is 2. The number of fused-ring (bicyclic) bond motifs is 1. The normalized spacial score (nSPS) is 16.6. The number of carbonyl (C=O) groups excluding carboxylic acids is 1. The van der Waals surface area contributed by atoms with Crippen molar-refractivity contribution >= 4 is 34.4 Å². The fraction of sp³-hybridized carbons (Fsp3) is 0.333. The van der Waals surface area contributed by atoms with Crippen LogP contribution in [0.1, 0.15) is 10.4 Å². The third-order valence-electron chi connectivity index (χ3n) is 7.08. The fourth-order valence-corrected chi connectivity index (χ4v) is 4.83. The first-order valence-corrected chi connectivity index (χ1v) is 12.8. The highest BCUT2D eigenvalue weighted by atomic mass is 19.1. The maximum absolute atomic E-state index is 15.1. The standard InChI is InChI=1S/C27H28F2N8O2/c1-34-6-8-35(9-7-34)23-3-2-19(17-30-23)32-27-31-16-18-4-5-37(25(18)33-27)20-14-21(28)24(22(29)15-20)26(38)36-10-12-39-13-11-36/h2-5,14-17H,6-13H2,1H3,(H,31,32,33). The van der Waals surface area contributed by atoms with Gasteiger partial charge in [0.15, 0.2) is 0 Å². The predicted molar refractivity (Wildman–Crippen MR) is 143 cm³/mol. The summed E-state index contributed by atoms with van der Waals surface area (Å²) in [5.74, 6) is -1.31. The van der Waals surface area contributed by atoms with Gasteiger partial charge in [-0.3, -0.25) is 4.79 Å². The highest BCUT2D eigenvalue weighted by Gasteiger charge is 2.26. The lowest BCUT2D eigenvalue weighted by Crippen LogP contribution is -2.44. The van der Waals surface area contributed by atoms with E-state index in [1.54, 1.807) is 29.2 Å². The molecule has 4 aromatic rings. The van der Waals surface area contributed by atoms with Crippen molar-refractivity contribution in [2.24, 2.45) is 0 Å². The van der Waals surface area contributed by atoms with E-state index in [1.807, 2.05) is 12.1 Å². The van der Waals surface area contributed by atoms with E-state index in [2.05, 4.69) is 37.1 Å². The zero-order valence-corrected chi connectivity index (χ0v) is 21.5. The summed E-state index contributed by atoms with van der Waals surface area (Å²) in [4.78, 5) is 32.2. The van der Waals surface area contributed by atoms with Crippen molar-refractivity contribution in [3.8, 4) is 5.69 Å². The quantitative estimate of drug-likeness (QED) is 0.418. The fourth-order valence-electron chi connectivity index (χ4n) is 4.83. The Morgan fingerprint density at radius 2 is 1.69 bits per heavy atom. The average Bonchev–Trinajstić information content (AvgIpc) is 3.37. The van der Waals surface area contributed by atoms with Crippen molar-refractivity contribution in [1.29, 1.82) is 0 Å². The number of anilines is 3. The molecule has 0 bridgehead atoms. The summed E-state index contributed by atoms with van der Waals surface area (Å²) in [5, 5.41) is 3.84. The lowest BCUT2D eigenvalue weighted by Gasteiger charge is -2.33. The van der Waals surface area contributed by atoms with Gasteiger partial charge in [-0.1, -0.05) is 0 Å². The molecular formula is C27H28F2N8O2. The molecule has 2 saturated heterocycles. The van der Waals surface area contributed by atoms with Crippen LogP contribution >= 0.6 is 0 Å². The zero-order valence-electron chi connectivity index (χ0n) is 21.5. The second-order valence-corrected chi connectivity index (χ2v) is 9.67. The topological polar surface area (TPSA) is 91.7 Å². The zero-order chi connectivity index (χ0) is 26.9. The molecule has 202 valence electrons. The number of benzene rings is 1. The van der Waals surface area contributed by atoms with Crippen LogP contribution < -0.4 is 10.2 Å². The number of rotatable bonds is 5. The van der Waals surface area contributed by atoms with Crippen LogP contribution in [0.15, 0.2) is 48.9 Å². The van der Waals surface area contributed by atoms with Gasteiger partial charge in [0.25, 0.3) is 5.91 Å². The number of likely N-dealkylation sites (N-methyl/N-ethyl adjacent to an activating group) is 1. The Bertz CT molecular complexity index is 1470. The van der Waals surface area contributed by atoms with E-state index in [-0.39, 0.29) is 5.69 Å². The SMILES string of the molecule is CN1CCN(c2ccc(Nc3ncc4ccn(-c5cc(F)c(C(=O)N6CCOCC6)c(F)c5)c4n3)cn2)CC1. The van der Waals surface area contributed by atoms with E-state index in [9.17, 15) is 4.79 Å². The number of carbonyl (C=O) groups is 1. The van der Waals surface area contributed by atoms with Crippen molar-refractivity contribution in [2.45, 2.75) is 0 Å². The molecule has 6 rings (SSSR count). The molecule has 0 radical (unpaired) electrons. The minimum absolute atomic E-state index is 0.210. The van der Waals surface area contributed by atoms with Crippen LogP contribution in [0.4, 0.5) is 26.2 Å². The highest BCUT2D eigenvalue weighted by molar-refractivity contribution is 5.95. The van der Waals surface area contributed by atoms with E-state index in [4.69, 9.17) is 4.74 Å². The van der Waals surface area contributed by atoms with E-state index < -0.39 is 23.1 Å². The van der Waals surface area contributed by atoms with Crippen molar-refractivity contribution in [3.63, 3.8) is 0 Å². The Morgan fingerprint density at radius 3 is 2.38 bits per heavy atom. The van der Waals surface area contributed by atoms with Gasteiger partial charge < -0.3 is 29.3 Å². The Morgan fingerprint density at radius 1 is 0.949 bits per heavy atom. The number of aromatic nitrogens is 4. The summed E-state index contributed by atoms with van der Waals surface area (Å²) in [7, 11) is 2.11. The van der Waals surface area contributed by atoms with Crippen LogP contribution in [0.5, 0.6) is 0 Å². The monoisotopic (exact) mass is 534 g/mol. The first-order chi connectivity index (χ1) is 19.0. The molecule has 1 aromatic carbocycles.